The van der Waals surface area contributed by atoms with Crippen LogP contribution in [0.1, 0.15) is 12.5 Å². The molecule has 5 heteroatoms. The lowest BCUT2D eigenvalue weighted by molar-refractivity contribution is -0.153. The van der Waals surface area contributed by atoms with Gasteiger partial charge in [0.25, 0.3) is 5.17 Å². The summed E-state index contributed by atoms with van der Waals surface area (Å²) in [4.78, 5) is 11.7. The summed E-state index contributed by atoms with van der Waals surface area (Å²) in [6, 6.07) is 8.92. The van der Waals surface area contributed by atoms with Crippen LogP contribution in [0.3, 0.4) is 0 Å². The van der Waals surface area contributed by atoms with Crippen molar-refractivity contribution >= 4 is 23.3 Å². The van der Waals surface area contributed by atoms with E-state index in [1.165, 1.54) is 0 Å². The number of rotatable bonds is 1. The molecule has 0 bridgehead atoms. The zero-order chi connectivity index (χ0) is 11.1. The van der Waals surface area contributed by atoms with E-state index < -0.39 is 11.5 Å². The molecule has 0 aromatic heterocycles. The number of amides is 1. The van der Waals surface area contributed by atoms with E-state index in [2.05, 4.69) is 0 Å². The van der Waals surface area contributed by atoms with Gasteiger partial charge in [0.05, 0.1) is 0 Å². The van der Waals surface area contributed by atoms with Gasteiger partial charge in [0.15, 0.2) is 0 Å². The molecule has 1 N–H and O–H groups in total. The Morgan fingerprint density at radius 2 is 2.00 bits per heavy atom. The fourth-order valence-corrected chi connectivity index (χ4v) is 1.73. The fourth-order valence-electron chi connectivity index (χ4n) is 1.49. The second-order valence-corrected chi connectivity index (χ2v) is 3.73. The van der Waals surface area contributed by atoms with Gasteiger partial charge in [-0.15, -0.1) is 5.06 Å². The lowest BCUT2D eigenvalue weighted by Crippen LogP contribution is -2.34. The van der Waals surface area contributed by atoms with Gasteiger partial charge in [-0.2, -0.15) is 0 Å². The summed E-state index contributed by atoms with van der Waals surface area (Å²) >= 11 is 4.70. The van der Waals surface area contributed by atoms with Gasteiger partial charge in [0.2, 0.25) is 5.60 Å². The highest BCUT2D eigenvalue weighted by Crippen LogP contribution is 2.33. The molecule has 0 saturated carbocycles. The zero-order valence-corrected chi connectivity index (χ0v) is 8.82. The first kappa shape index (κ1) is 10.1. The number of hydrogen-bond donors (Lipinski definition) is 1. The molecule has 1 aliphatic rings. The van der Waals surface area contributed by atoms with Gasteiger partial charge in [0.1, 0.15) is 0 Å². The van der Waals surface area contributed by atoms with E-state index in [9.17, 15) is 10.0 Å². The summed E-state index contributed by atoms with van der Waals surface area (Å²) in [6.07, 6.45) is 0. The van der Waals surface area contributed by atoms with Crippen molar-refractivity contribution in [2.24, 2.45) is 0 Å². The molecule has 0 spiro atoms. The van der Waals surface area contributed by atoms with Crippen LogP contribution < -0.4 is 0 Å². The Labute approximate surface area is 92.0 Å². The van der Waals surface area contributed by atoms with Crippen LogP contribution >= 0.6 is 12.2 Å². The van der Waals surface area contributed by atoms with E-state index in [4.69, 9.17) is 17.0 Å². The van der Waals surface area contributed by atoms with Crippen LogP contribution in [-0.4, -0.2) is 21.4 Å². The van der Waals surface area contributed by atoms with Crippen LogP contribution in [0.5, 0.6) is 0 Å². The second kappa shape index (κ2) is 3.29. The molecular formula is C10H9NO3S. The molecule has 1 amide bonds. The molecule has 1 saturated heterocycles. The predicted octanol–water partition coefficient (Wildman–Crippen LogP) is 1.43. The van der Waals surface area contributed by atoms with Gasteiger partial charge >= 0.3 is 5.91 Å². The minimum absolute atomic E-state index is 0.216. The number of benzene rings is 1. The molecule has 1 aliphatic heterocycles. The highest BCUT2D eigenvalue weighted by atomic mass is 32.1. The average molecular weight is 223 g/mol. The van der Waals surface area contributed by atoms with Gasteiger partial charge in [0, 0.05) is 5.56 Å². The van der Waals surface area contributed by atoms with Crippen molar-refractivity contribution in [1.82, 2.24) is 5.06 Å². The molecule has 1 unspecified atom stereocenters. The number of thiocarbonyl (C=S) groups is 1. The molecule has 0 radical (unpaired) electrons. The monoisotopic (exact) mass is 223 g/mol. The number of carbonyl (C=O) groups excluding carboxylic acids is 1. The Balaban J connectivity index is 2.45. The van der Waals surface area contributed by atoms with E-state index in [0.717, 1.165) is 0 Å². The molecule has 1 aromatic carbocycles. The minimum Gasteiger partial charge on any atom is -0.448 e. The topological polar surface area (TPSA) is 49.8 Å². The third-order valence-electron chi connectivity index (χ3n) is 2.39. The third kappa shape index (κ3) is 1.40. The zero-order valence-electron chi connectivity index (χ0n) is 8.01. The second-order valence-electron chi connectivity index (χ2n) is 3.38. The van der Waals surface area contributed by atoms with E-state index >= 15 is 0 Å². The van der Waals surface area contributed by atoms with Crippen LogP contribution in [-0.2, 0) is 15.1 Å². The molecule has 15 heavy (non-hydrogen) atoms. The summed E-state index contributed by atoms with van der Waals surface area (Å²) in [5.41, 5.74) is -0.554. The molecule has 78 valence electrons. The van der Waals surface area contributed by atoms with Crippen LogP contribution in [0.25, 0.3) is 0 Å². The van der Waals surface area contributed by atoms with Crippen molar-refractivity contribution in [1.29, 1.82) is 0 Å². The molecular weight excluding hydrogens is 214 g/mol. The van der Waals surface area contributed by atoms with Gasteiger partial charge in [-0.3, -0.25) is 10.0 Å². The van der Waals surface area contributed by atoms with Gasteiger partial charge < -0.3 is 4.74 Å². The van der Waals surface area contributed by atoms with E-state index in [-0.39, 0.29) is 5.17 Å². The summed E-state index contributed by atoms with van der Waals surface area (Å²) in [7, 11) is 0. The van der Waals surface area contributed by atoms with Gasteiger partial charge in [-0.1, -0.05) is 30.3 Å². The van der Waals surface area contributed by atoms with Crippen molar-refractivity contribution < 1.29 is 14.7 Å². The van der Waals surface area contributed by atoms with Crippen LogP contribution in [0.4, 0.5) is 0 Å². The van der Waals surface area contributed by atoms with Gasteiger partial charge in [-0.05, 0) is 19.1 Å². The number of ether oxygens (including phenoxy) is 1. The summed E-state index contributed by atoms with van der Waals surface area (Å²) < 4.78 is 5.22. The summed E-state index contributed by atoms with van der Waals surface area (Å²) in [5.74, 6) is -0.571. The molecule has 4 nitrogen and oxygen atoms in total. The fraction of sp³-hybridized carbons (Fsp3) is 0.200. The first-order chi connectivity index (χ1) is 7.05. The van der Waals surface area contributed by atoms with E-state index in [1.54, 1.807) is 31.2 Å². The number of hydroxylamine groups is 2. The maximum absolute atomic E-state index is 11.7. The number of carbonyl (C=O) groups is 1. The minimum atomic E-state index is -1.22. The number of hydrogen-bond acceptors (Lipinski definition) is 4. The maximum Gasteiger partial charge on any atom is 0.302 e. The van der Waals surface area contributed by atoms with Crippen molar-refractivity contribution in [3.63, 3.8) is 0 Å². The van der Waals surface area contributed by atoms with Crippen molar-refractivity contribution in [3.05, 3.63) is 35.9 Å². The third-order valence-corrected chi connectivity index (χ3v) is 2.65. The lowest BCUT2D eigenvalue weighted by Gasteiger charge is -2.19. The van der Waals surface area contributed by atoms with Gasteiger partial charge in [-0.25, -0.2) is 0 Å². The van der Waals surface area contributed by atoms with Crippen molar-refractivity contribution in [2.45, 2.75) is 12.5 Å². The van der Waals surface area contributed by atoms with E-state index in [1.807, 2.05) is 6.07 Å². The highest BCUT2D eigenvalue weighted by Gasteiger charge is 2.49. The number of nitrogens with zero attached hydrogens (tertiary/aromatic N) is 1. The van der Waals surface area contributed by atoms with Crippen LogP contribution in [0.15, 0.2) is 30.3 Å². The normalized spacial score (nSPS) is 25.6. The first-order valence-electron chi connectivity index (χ1n) is 4.37. The maximum atomic E-state index is 11.7. The Hall–Kier alpha value is -1.46. The predicted molar refractivity (Wildman–Crippen MR) is 56.1 cm³/mol. The Kier molecular flexibility index (Phi) is 2.21. The molecule has 0 aliphatic carbocycles. The summed E-state index contributed by atoms with van der Waals surface area (Å²) in [5, 5.41) is 9.43. The molecule has 1 aromatic rings. The standard InChI is InChI=1S/C10H9NO3S/c1-10(7-5-3-2-4-6-7)8(12)11(13)9(15)14-10/h2-6,13H,1H3. The molecule has 1 heterocycles. The van der Waals surface area contributed by atoms with Crippen molar-refractivity contribution in [3.8, 4) is 0 Å². The van der Waals surface area contributed by atoms with Crippen molar-refractivity contribution in [2.75, 3.05) is 0 Å². The Morgan fingerprint density at radius 1 is 1.40 bits per heavy atom. The highest BCUT2D eigenvalue weighted by molar-refractivity contribution is 7.80. The Morgan fingerprint density at radius 3 is 2.47 bits per heavy atom. The van der Waals surface area contributed by atoms with E-state index in [0.29, 0.717) is 10.6 Å². The van der Waals surface area contributed by atoms with Crippen LogP contribution in [0.2, 0.25) is 0 Å². The molecule has 1 atom stereocenters. The summed E-state index contributed by atoms with van der Waals surface area (Å²) in [6.45, 7) is 1.58. The lowest BCUT2D eigenvalue weighted by atomic mass is 9.96. The Bertz CT molecular complexity index is 420. The molecule has 2 rings (SSSR count). The average Bonchev–Trinajstić information content (AvgIpc) is 2.45. The first-order valence-corrected chi connectivity index (χ1v) is 4.78. The molecule has 1 fully saturated rings. The SMILES string of the molecule is CC1(c2ccccc2)OC(=S)N(O)C1=O. The smallest absolute Gasteiger partial charge is 0.302 e. The largest absolute Gasteiger partial charge is 0.448 e. The van der Waals surface area contributed by atoms with Crippen LogP contribution in [0, 0.1) is 0 Å². The quantitative estimate of drug-likeness (QED) is 0.578.